The van der Waals surface area contributed by atoms with E-state index in [9.17, 15) is 0 Å². The Labute approximate surface area is 167 Å². The lowest BCUT2D eigenvalue weighted by atomic mass is 9.68. The first-order valence-corrected chi connectivity index (χ1v) is 12.8. The molecular formula is C24H38N2P+. The maximum atomic E-state index is 2.75. The van der Waals surface area contributed by atoms with E-state index < -0.39 is 0 Å². The van der Waals surface area contributed by atoms with Gasteiger partial charge in [0, 0.05) is 5.92 Å². The third-order valence-corrected chi connectivity index (χ3v) is 11.4. The predicted molar refractivity (Wildman–Crippen MR) is 115 cm³/mol. The van der Waals surface area contributed by atoms with Gasteiger partial charge in [0.2, 0.25) is 0 Å². The fourth-order valence-corrected chi connectivity index (χ4v) is 9.77. The Morgan fingerprint density at radius 3 is 2.70 bits per heavy atom. The number of hydrogen-bond donors (Lipinski definition) is 0. The first kappa shape index (κ1) is 18.4. The van der Waals surface area contributed by atoms with Gasteiger partial charge in [-0.2, -0.15) is 0 Å². The molecule has 1 aromatic rings. The van der Waals surface area contributed by atoms with Crippen molar-refractivity contribution in [2.75, 3.05) is 0 Å². The second kappa shape index (κ2) is 6.72. The Hall–Kier alpha value is -0.620. The third kappa shape index (κ3) is 2.44. The van der Waals surface area contributed by atoms with Gasteiger partial charge in [0.25, 0.3) is 5.82 Å². The molecule has 0 bridgehead atoms. The first-order valence-electron chi connectivity index (χ1n) is 11.8. The highest BCUT2D eigenvalue weighted by atomic mass is 31.1. The fraction of sp³-hybridized carbons (Fsp3) is 0.792. The highest BCUT2D eigenvalue weighted by molar-refractivity contribution is 7.39. The fourth-order valence-electron chi connectivity index (χ4n) is 7.49. The molecule has 3 heterocycles. The summed E-state index contributed by atoms with van der Waals surface area (Å²) < 4.78 is 5.30. The summed E-state index contributed by atoms with van der Waals surface area (Å²) in [6.45, 7) is 9.75. The highest BCUT2D eigenvalue weighted by Gasteiger charge is 2.61. The number of rotatable bonds is 6. The van der Waals surface area contributed by atoms with Crippen LogP contribution < -0.4 is 4.57 Å². The van der Waals surface area contributed by atoms with Gasteiger partial charge in [0.15, 0.2) is 0 Å². The van der Waals surface area contributed by atoms with E-state index in [0.717, 1.165) is 43.8 Å². The Morgan fingerprint density at radius 2 is 1.96 bits per heavy atom. The van der Waals surface area contributed by atoms with Crippen LogP contribution in [-0.2, 0) is 5.28 Å². The van der Waals surface area contributed by atoms with E-state index in [4.69, 9.17) is 0 Å². The van der Waals surface area contributed by atoms with Crippen molar-refractivity contribution in [1.29, 1.82) is 0 Å². The molecule has 0 spiro atoms. The van der Waals surface area contributed by atoms with Gasteiger partial charge in [-0.15, -0.1) is 0 Å². The lowest BCUT2D eigenvalue weighted by molar-refractivity contribution is -0.750. The molecule has 2 saturated carbocycles. The number of allylic oxidation sites excluding steroid dienone is 1. The predicted octanol–water partition coefficient (Wildman–Crippen LogP) is 6.12. The summed E-state index contributed by atoms with van der Waals surface area (Å²) in [5.41, 5.74) is 2.75. The van der Waals surface area contributed by atoms with Crippen molar-refractivity contribution in [2.45, 2.75) is 95.9 Å². The lowest BCUT2D eigenvalue weighted by Crippen LogP contribution is -2.61. The molecule has 7 atom stereocenters. The smallest absolute Gasteiger partial charge is 0.225 e. The summed E-state index contributed by atoms with van der Waals surface area (Å²) in [6, 6.07) is 0. The van der Waals surface area contributed by atoms with Crippen molar-refractivity contribution in [1.82, 2.24) is 4.57 Å². The Kier molecular flexibility index (Phi) is 4.58. The van der Waals surface area contributed by atoms with Gasteiger partial charge in [-0.1, -0.05) is 55.5 Å². The minimum absolute atomic E-state index is 0.394. The van der Waals surface area contributed by atoms with Crippen molar-refractivity contribution >= 4 is 14.8 Å². The van der Waals surface area contributed by atoms with E-state index in [-0.39, 0.29) is 0 Å². The molecule has 0 N–H and O–H groups in total. The molecule has 27 heavy (non-hydrogen) atoms. The molecule has 0 aromatic carbocycles. The molecule has 7 unspecified atom stereocenters. The third-order valence-electron chi connectivity index (χ3n) is 8.90. The zero-order valence-corrected chi connectivity index (χ0v) is 18.7. The number of unbranched alkanes of at least 4 members (excludes halogenated alkanes) is 2. The topological polar surface area (TPSA) is 8.81 Å². The summed E-state index contributed by atoms with van der Waals surface area (Å²) in [6.07, 6.45) is 18.6. The Bertz CT molecular complexity index is 744. The van der Waals surface area contributed by atoms with Crippen LogP contribution in [0.25, 0.3) is 6.20 Å². The summed E-state index contributed by atoms with van der Waals surface area (Å²) in [7, 11) is 1.11. The van der Waals surface area contributed by atoms with Crippen LogP contribution in [0.5, 0.6) is 0 Å². The highest BCUT2D eigenvalue weighted by Crippen LogP contribution is 2.65. The van der Waals surface area contributed by atoms with Gasteiger partial charge >= 0.3 is 0 Å². The quantitative estimate of drug-likeness (QED) is 0.317. The lowest BCUT2D eigenvalue weighted by Gasteiger charge is -2.48. The van der Waals surface area contributed by atoms with Crippen LogP contribution in [0.2, 0.25) is 0 Å². The minimum atomic E-state index is 0.394. The van der Waals surface area contributed by atoms with Gasteiger partial charge in [0.1, 0.15) is 17.7 Å². The van der Waals surface area contributed by atoms with E-state index in [0.29, 0.717) is 5.28 Å². The zero-order chi connectivity index (χ0) is 18.8. The average molecular weight is 386 g/mol. The zero-order valence-electron chi connectivity index (χ0n) is 17.7. The van der Waals surface area contributed by atoms with Gasteiger partial charge in [-0.25, -0.2) is 9.13 Å². The summed E-state index contributed by atoms with van der Waals surface area (Å²) in [4.78, 5) is 0. The average Bonchev–Trinajstić information content (AvgIpc) is 3.24. The van der Waals surface area contributed by atoms with E-state index in [1.807, 2.05) is 5.57 Å². The Morgan fingerprint density at radius 1 is 1.15 bits per heavy atom. The van der Waals surface area contributed by atoms with Crippen molar-refractivity contribution in [3.8, 4) is 0 Å². The molecule has 0 saturated heterocycles. The van der Waals surface area contributed by atoms with Gasteiger partial charge in [0.05, 0.1) is 12.1 Å². The molecule has 148 valence electrons. The molecule has 2 nitrogen and oxygen atoms in total. The molecule has 2 aliphatic carbocycles. The summed E-state index contributed by atoms with van der Waals surface area (Å²) in [5.74, 6) is 6.04. The van der Waals surface area contributed by atoms with Crippen LogP contribution in [0.1, 0.15) is 90.8 Å². The largest absolute Gasteiger partial charge is 0.266 e. The molecule has 0 radical (unpaired) electrons. The van der Waals surface area contributed by atoms with Crippen molar-refractivity contribution in [3.63, 3.8) is 0 Å². The number of hydrogen-bond acceptors (Lipinski definition) is 0. The van der Waals surface area contributed by atoms with Gasteiger partial charge < -0.3 is 0 Å². The monoisotopic (exact) mass is 385 g/mol. The van der Waals surface area contributed by atoms with Crippen LogP contribution in [0.4, 0.5) is 0 Å². The normalized spacial score (nSPS) is 38.7. The maximum Gasteiger partial charge on any atom is 0.266 e. The second-order valence-electron chi connectivity index (χ2n) is 9.79. The van der Waals surface area contributed by atoms with Crippen molar-refractivity contribution < 1.29 is 4.57 Å². The van der Waals surface area contributed by atoms with Crippen molar-refractivity contribution in [2.24, 2.45) is 23.7 Å². The van der Waals surface area contributed by atoms with E-state index in [2.05, 4.69) is 55.4 Å². The molecule has 2 aliphatic heterocycles. The molecule has 2 fully saturated rings. The molecular weight excluding hydrogens is 347 g/mol. The molecule has 3 heteroatoms. The van der Waals surface area contributed by atoms with Crippen LogP contribution in [-0.4, -0.2) is 10.2 Å². The van der Waals surface area contributed by atoms with Crippen LogP contribution >= 0.6 is 8.58 Å². The number of imidazole rings is 1. The second-order valence-corrected chi connectivity index (χ2v) is 11.8. The number of aromatic nitrogens is 2. The van der Waals surface area contributed by atoms with Crippen LogP contribution in [0.3, 0.4) is 0 Å². The SMILES string of the molecule is CCCCCC1C(C)C2=Cn3cc[n+]4c3C3C(CCC1C23)PC4(CC)CC. The maximum absolute atomic E-state index is 2.75. The Balaban J connectivity index is 1.57. The standard InChI is InChI=1S/C24H38N2P/c1-5-8-9-10-17-16(4)19-15-25-13-14-26-23(25)22-20(12-11-18(17)21(19)22)27-24(26,6-2)7-3/h13-18,20-22,27H,5-12H2,1-4H3/q+1. The van der Waals surface area contributed by atoms with E-state index >= 15 is 0 Å². The van der Waals surface area contributed by atoms with Crippen molar-refractivity contribution in [3.05, 3.63) is 23.8 Å². The summed E-state index contributed by atoms with van der Waals surface area (Å²) in [5, 5.41) is 0.394. The van der Waals surface area contributed by atoms with E-state index in [1.54, 1.807) is 5.82 Å². The molecule has 4 aliphatic rings. The molecule has 5 rings (SSSR count). The van der Waals surface area contributed by atoms with Crippen LogP contribution in [0, 0.1) is 23.7 Å². The minimum Gasteiger partial charge on any atom is -0.225 e. The molecule has 1 aromatic heterocycles. The number of nitrogens with zero attached hydrogens (tertiary/aromatic N) is 2. The van der Waals surface area contributed by atoms with E-state index in [1.165, 1.54) is 51.4 Å². The first-order chi connectivity index (χ1) is 13.1. The van der Waals surface area contributed by atoms with Crippen LogP contribution in [0.15, 0.2) is 18.0 Å². The van der Waals surface area contributed by atoms with Gasteiger partial charge in [-0.3, -0.25) is 0 Å². The molecule has 0 amide bonds. The van der Waals surface area contributed by atoms with Gasteiger partial charge in [-0.05, 0) is 61.1 Å². The summed E-state index contributed by atoms with van der Waals surface area (Å²) >= 11 is 0.